The van der Waals surface area contributed by atoms with Crippen LogP contribution in [0.3, 0.4) is 0 Å². The second-order valence-corrected chi connectivity index (χ2v) is 6.99. The van der Waals surface area contributed by atoms with Gasteiger partial charge in [-0.05, 0) is 51.4 Å². The van der Waals surface area contributed by atoms with Gasteiger partial charge < -0.3 is 15.2 Å². The Hall–Kier alpha value is -1.26. The van der Waals surface area contributed by atoms with Gasteiger partial charge in [0.1, 0.15) is 11.6 Å². The Morgan fingerprint density at radius 1 is 1.20 bits per heavy atom. The molecular formula is C15H27NO4. The van der Waals surface area contributed by atoms with E-state index in [1.807, 2.05) is 0 Å². The first kappa shape index (κ1) is 16.8. The Morgan fingerprint density at radius 3 is 2.25 bits per heavy atom. The molecule has 5 nitrogen and oxygen atoms in total. The number of carbonyl (C=O) groups excluding carboxylic acids is 1. The van der Waals surface area contributed by atoms with Gasteiger partial charge in [0, 0.05) is 0 Å². The van der Waals surface area contributed by atoms with Gasteiger partial charge in [-0.1, -0.05) is 20.3 Å². The fraction of sp³-hybridized carbons (Fsp3) is 0.867. The molecule has 1 rings (SSSR count). The zero-order chi connectivity index (χ0) is 15.5. The van der Waals surface area contributed by atoms with E-state index in [1.54, 1.807) is 20.8 Å². The number of ether oxygens (including phenoxy) is 1. The molecule has 1 fully saturated rings. The summed E-state index contributed by atoms with van der Waals surface area (Å²) in [4.78, 5) is 23.2. The molecule has 0 spiro atoms. The molecule has 0 radical (unpaired) electrons. The van der Waals surface area contributed by atoms with Crippen LogP contribution >= 0.6 is 0 Å². The van der Waals surface area contributed by atoms with Gasteiger partial charge in [-0.15, -0.1) is 0 Å². The summed E-state index contributed by atoms with van der Waals surface area (Å²) < 4.78 is 5.14. The number of alkyl carbamates (subject to hydrolysis) is 1. The van der Waals surface area contributed by atoms with Gasteiger partial charge in [-0.2, -0.15) is 0 Å². The summed E-state index contributed by atoms with van der Waals surface area (Å²) in [5, 5.41) is 11.9. The molecule has 0 aromatic heterocycles. The predicted octanol–water partition coefficient (Wildman–Crippen LogP) is 3.04. The maximum absolute atomic E-state index is 11.8. The third-order valence-corrected chi connectivity index (χ3v) is 4.05. The Labute approximate surface area is 121 Å². The van der Waals surface area contributed by atoms with Gasteiger partial charge in [0.2, 0.25) is 0 Å². The summed E-state index contributed by atoms with van der Waals surface area (Å²) >= 11 is 0. The molecule has 5 heteroatoms. The quantitative estimate of drug-likeness (QED) is 0.835. The van der Waals surface area contributed by atoms with Crippen LogP contribution in [0.5, 0.6) is 0 Å². The molecule has 116 valence electrons. The van der Waals surface area contributed by atoms with Crippen LogP contribution < -0.4 is 5.32 Å². The van der Waals surface area contributed by atoms with E-state index in [4.69, 9.17) is 4.74 Å². The number of carboxylic acid groups (broad SMARTS) is 1. The molecule has 0 bridgehead atoms. The van der Waals surface area contributed by atoms with Crippen LogP contribution in [0.25, 0.3) is 0 Å². The van der Waals surface area contributed by atoms with Crippen molar-refractivity contribution in [2.45, 2.75) is 65.5 Å². The van der Waals surface area contributed by atoms with Crippen LogP contribution in [-0.2, 0) is 9.53 Å². The first-order chi connectivity index (χ1) is 9.10. The Bertz CT molecular complexity index is 361. The molecule has 20 heavy (non-hydrogen) atoms. The van der Waals surface area contributed by atoms with Gasteiger partial charge in [-0.3, -0.25) is 0 Å². The lowest BCUT2D eigenvalue weighted by Gasteiger charge is -2.35. The van der Waals surface area contributed by atoms with Gasteiger partial charge >= 0.3 is 12.1 Å². The van der Waals surface area contributed by atoms with Crippen LogP contribution in [0.1, 0.15) is 53.9 Å². The van der Waals surface area contributed by atoms with E-state index < -0.39 is 23.7 Å². The molecule has 1 aliphatic carbocycles. The standard InChI is InChI=1S/C15H27NO4/c1-9-6-7-11(8-10(9)2)12(13(17)18)16-14(19)20-15(3,4)5/h9-12H,6-8H2,1-5H3,(H,16,19)(H,17,18). The maximum atomic E-state index is 11.8. The topological polar surface area (TPSA) is 75.6 Å². The molecule has 0 saturated heterocycles. The highest BCUT2D eigenvalue weighted by molar-refractivity contribution is 5.80. The van der Waals surface area contributed by atoms with Crippen LogP contribution in [0.15, 0.2) is 0 Å². The molecule has 1 aliphatic rings. The molecule has 1 amide bonds. The molecule has 1 saturated carbocycles. The first-order valence-electron chi connectivity index (χ1n) is 7.32. The van der Waals surface area contributed by atoms with Crippen LogP contribution in [-0.4, -0.2) is 28.8 Å². The lowest BCUT2D eigenvalue weighted by Crippen LogP contribution is -2.49. The summed E-state index contributed by atoms with van der Waals surface area (Å²) in [5.74, 6) is 0.0899. The van der Waals surface area contributed by atoms with E-state index in [0.717, 1.165) is 19.3 Å². The summed E-state index contributed by atoms with van der Waals surface area (Å²) in [6.45, 7) is 9.60. The van der Waals surface area contributed by atoms with Crippen LogP contribution in [0.2, 0.25) is 0 Å². The lowest BCUT2D eigenvalue weighted by atomic mass is 9.73. The average molecular weight is 285 g/mol. The lowest BCUT2D eigenvalue weighted by molar-refractivity contribution is -0.141. The van der Waals surface area contributed by atoms with E-state index in [2.05, 4.69) is 19.2 Å². The number of rotatable bonds is 3. The zero-order valence-electron chi connectivity index (χ0n) is 13.1. The largest absolute Gasteiger partial charge is 0.480 e. The second kappa shape index (κ2) is 6.46. The molecule has 4 atom stereocenters. The van der Waals surface area contributed by atoms with E-state index in [-0.39, 0.29) is 5.92 Å². The highest BCUT2D eigenvalue weighted by Gasteiger charge is 2.35. The van der Waals surface area contributed by atoms with Gasteiger partial charge in [0.25, 0.3) is 0 Å². The van der Waals surface area contributed by atoms with Crippen molar-refractivity contribution < 1.29 is 19.4 Å². The molecular weight excluding hydrogens is 258 g/mol. The molecule has 4 unspecified atom stereocenters. The van der Waals surface area contributed by atoms with Crippen LogP contribution in [0, 0.1) is 17.8 Å². The third-order valence-electron chi connectivity index (χ3n) is 4.05. The number of carbonyl (C=O) groups is 2. The minimum Gasteiger partial charge on any atom is -0.480 e. The first-order valence-corrected chi connectivity index (χ1v) is 7.32. The molecule has 0 aliphatic heterocycles. The number of hydrogen-bond acceptors (Lipinski definition) is 3. The number of carboxylic acids is 1. The van der Waals surface area contributed by atoms with Gasteiger partial charge in [-0.25, -0.2) is 9.59 Å². The fourth-order valence-electron chi connectivity index (χ4n) is 2.71. The summed E-state index contributed by atoms with van der Waals surface area (Å²) in [5.41, 5.74) is -0.624. The number of aliphatic carboxylic acids is 1. The van der Waals surface area contributed by atoms with Crippen molar-refractivity contribution in [3.05, 3.63) is 0 Å². The van der Waals surface area contributed by atoms with Crippen molar-refractivity contribution in [3.63, 3.8) is 0 Å². The van der Waals surface area contributed by atoms with E-state index in [1.165, 1.54) is 0 Å². The van der Waals surface area contributed by atoms with Crippen molar-refractivity contribution in [2.24, 2.45) is 17.8 Å². The summed E-state index contributed by atoms with van der Waals surface area (Å²) in [6.07, 6.45) is 2.01. The minimum absolute atomic E-state index is 0.0220. The van der Waals surface area contributed by atoms with Crippen molar-refractivity contribution in [3.8, 4) is 0 Å². The summed E-state index contributed by atoms with van der Waals surface area (Å²) in [7, 11) is 0. The van der Waals surface area contributed by atoms with E-state index in [0.29, 0.717) is 11.8 Å². The van der Waals surface area contributed by atoms with Crippen molar-refractivity contribution in [2.75, 3.05) is 0 Å². The number of hydrogen-bond donors (Lipinski definition) is 2. The second-order valence-electron chi connectivity index (χ2n) is 6.99. The minimum atomic E-state index is -0.984. The maximum Gasteiger partial charge on any atom is 0.408 e. The van der Waals surface area contributed by atoms with Crippen molar-refractivity contribution in [1.82, 2.24) is 5.32 Å². The van der Waals surface area contributed by atoms with E-state index in [9.17, 15) is 14.7 Å². The molecule has 2 N–H and O–H groups in total. The number of nitrogens with one attached hydrogen (secondary N) is 1. The Balaban J connectivity index is 2.66. The Kier molecular flexibility index (Phi) is 5.42. The Morgan fingerprint density at radius 2 is 1.80 bits per heavy atom. The van der Waals surface area contributed by atoms with Crippen molar-refractivity contribution in [1.29, 1.82) is 0 Å². The van der Waals surface area contributed by atoms with Gasteiger partial charge in [0.15, 0.2) is 0 Å². The molecule has 0 aromatic carbocycles. The van der Waals surface area contributed by atoms with Gasteiger partial charge in [0.05, 0.1) is 0 Å². The normalized spacial score (nSPS) is 28.6. The highest BCUT2D eigenvalue weighted by atomic mass is 16.6. The summed E-state index contributed by atoms with van der Waals surface area (Å²) in [6, 6.07) is -0.861. The SMILES string of the molecule is CC1CCC(C(NC(=O)OC(C)(C)C)C(=O)O)CC1C. The molecule has 0 heterocycles. The monoisotopic (exact) mass is 285 g/mol. The highest BCUT2D eigenvalue weighted by Crippen LogP contribution is 2.35. The van der Waals surface area contributed by atoms with E-state index >= 15 is 0 Å². The third kappa shape index (κ3) is 5.02. The predicted molar refractivity (Wildman–Crippen MR) is 76.5 cm³/mol. The smallest absolute Gasteiger partial charge is 0.408 e. The molecule has 0 aromatic rings. The fourth-order valence-corrected chi connectivity index (χ4v) is 2.71. The number of amides is 1. The average Bonchev–Trinajstić information content (AvgIpc) is 2.27. The van der Waals surface area contributed by atoms with Crippen LogP contribution in [0.4, 0.5) is 4.79 Å². The van der Waals surface area contributed by atoms with Crippen molar-refractivity contribution >= 4 is 12.1 Å². The zero-order valence-corrected chi connectivity index (χ0v) is 13.1.